The van der Waals surface area contributed by atoms with Crippen molar-refractivity contribution >= 4 is 5.97 Å². The van der Waals surface area contributed by atoms with Crippen molar-refractivity contribution in [2.24, 2.45) is 0 Å². The van der Waals surface area contributed by atoms with Gasteiger partial charge in [-0.25, -0.2) is 9.78 Å². The molecule has 0 bridgehead atoms. The van der Waals surface area contributed by atoms with Crippen LogP contribution in [0.25, 0.3) is 0 Å². The third kappa shape index (κ3) is 2.32. The molecule has 94 valence electrons. The van der Waals surface area contributed by atoms with Crippen LogP contribution in [-0.2, 0) is 13.1 Å². The van der Waals surface area contributed by atoms with Gasteiger partial charge in [-0.3, -0.25) is 4.79 Å². The maximum atomic E-state index is 11.3. The molecule has 0 radical (unpaired) electrons. The van der Waals surface area contributed by atoms with Crippen LogP contribution in [0.3, 0.4) is 0 Å². The molecule has 0 atom stereocenters. The lowest BCUT2D eigenvalue weighted by molar-refractivity contribution is 0.0694. The number of carboxylic acid groups (broad SMARTS) is 1. The smallest absolute Gasteiger partial charge is 0.341 e. The second-order valence-electron chi connectivity index (χ2n) is 3.87. The lowest BCUT2D eigenvalue weighted by Crippen LogP contribution is -2.17. The van der Waals surface area contributed by atoms with Crippen molar-refractivity contribution in [1.82, 2.24) is 14.1 Å². The van der Waals surface area contributed by atoms with Crippen LogP contribution >= 0.6 is 0 Å². The van der Waals surface area contributed by atoms with Gasteiger partial charge in [-0.2, -0.15) is 0 Å². The molecule has 0 amide bonds. The quantitative estimate of drug-likeness (QED) is 0.867. The Hall–Kier alpha value is -2.37. The number of aryl methyl sites for hydroxylation is 1. The van der Waals surface area contributed by atoms with Gasteiger partial charge in [0.1, 0.15) is 5.56 Å². The SMILES string of the molecule is CCn1cncc1Cn1ccc(=O)c(C(=O)O)c1. The molecule has 6 nitrogen and oxygen atoms in total. The number of aromatic carboxylic acids is 1. The average molecular weight is 247 g/mol. The van der Waals surface area contributed by atoms with Gasteiger partial charge in [-0.15, -0.1) is 0 Å². The number of aromatic nitrogens is 3. The van der Waals surface area contributed by atoms with Crippen LogP contribution < -0.4 is 5.43 Å². The summed E-state index contributed by atoms with van der Waals surface area (Å²) in [5.41, 5.74) is 0.250. The summed E-state index contributed by atoms with van der Waals surface area (Å²) in [6, 6.07) is 1.26. The van der Waals surface area contributed by atoms with E-state index >= 15 is 0 Å². The number of nitrogens with zero attached hydrogens (tertiary/aromatic N) is 3. The van der Waals surface area contributed by atoms with E-state index in [9.17, 15) is 9.59 Å². The predicted octanol–water partition coefficient (Wildman–Crippen LogP) is 0.811. The third-order valence-electron chi connectivity index (χ3n) is 2.69. The molecule has 2 heterocycles. The van der Waals surface area contributed by atoms with Gasteiger partial charge >= 0.3 is 5.97 Å². The lowest BCUT2D eigenvalue weighted by atomic mass is 10.2. The van der Waals surface area contributed by atoms with Crippen LogP contribution in [0, 0.1) is 0 Å². The van der Waals surface area contributed by atoms with Crippen molar-refractivity contribution in [2.45, 2.75) is 20.0 Å². The zero-order chi connectivity index (χ0) is 13.1. The van der Waals surface area contributed by atoms with Crippen molar-refractivity contribution in [2.75, 3.05) is 0 Å². The summed E-state index contributed by atoms with van der Waals surface area (Å²) in [6.45, 7) is 3.27. The zero-order valence-electron chi connectivity index (χ0n) is 9.91. The summed E-state index contributed by atoms with van der Waals surface area (Å²) in [7, 11) is 0. The van der Waals surface area contributed by atoms with E-state index in [1.54, 1.807) is 23.3 Å². The van der Waals surface area contributed by atoms with Crippen LogP contribution in [0.15, 0.2) is 35.8 Å². The molecule has 0 spiro atoms. The van der Waals surface area contributed by atoms with E-state index in [4.69, 9.17) is 5.11 Å². The fraction of sp³-hybridized carbons (Fsp3) is 0.250. The molecule has 2 aromatic rings. The predicted molar refractivity (Wildman–Crippen MR) is 64.7 cm³/mol. The topological polar surface area (TPSA) is 77.1 Å². The number of carbonyl (C=O) groups is 1. The van der Waals surface area contributed by atoms with Gasteiger partial charge in [0, 0.05) is 31.2 Å². The molecule has 0 aromatic carbocycles. The minimum Gasteiger partial charge on any atom is -0.477 e. The molecular weight excluding hydrogens is 234 g/mol. The highest BCUT2D eigenvalue weighted by atomic mass is 16.4. The highest BCUT2D eigenvalue weighted by molar-refractivity contribution is 5.86. The molecule has 0 unspecified atom stereocenters. The molecule has 0 fully saturated rings. The summed E-state index contributed by atoms with van der Waals surface area (Å²) in [5, 5.41) is 8.89. The Kier molecular flexibility index (Phi) is 3.27. The molecule has 6 heteroatoms. The largest absolute Gasteiger partial charge is 0.477 e. The molecule has 1 N–H and O–H groups in total. The van der Waals surface area contributed by atoms with Gasteiger partial charge in [0.05, 0.1) is 18.6 Å². The van der Waals surface area contributed by atoms with E-state index in [1.165, 1.54) is 12.3 Å². The Labute approximate surface area is 103 Å². The monoisotopic (exact) mass is 247 g/mol. The Morgan fingerprint density at radius 3 is 2.94 bits per heavy atom. The van der Waals surface area contributed by atoms with E-state index in [1.807, 2.05) is 11.5 Å². The maximum Gasteiger partial charge on any atom is 0.341 e. The first kappa shape index (κ1) is 12.1. The summed E-state index contributed by atoms with van der Waals surface area (Å²) < 4.78 is 3.62. The van der Waals surface area contributed by atoms with Crippen molar-refractivity contribution in [3.63, 3.8) is 0 Å². The molecule has 0 aliphatic rings. The van der Waals surface area contributed by atoms with E-state index in [-0.39, 0.29) is 5.56 Å². The first-order valence-corrected chi connectivity index (χ1v) is 5.54. The van der Waals surface area contributed by atoms with Crippen LogP contribution in [0.1, 0.15) is 23.0 Å². The van der Waals surface area contributed by atoms with Crippen molar-refractivity contribution in [3.8, 4) is 0 Å². The van der Waals surface area contributed by atoms with Crippen molar-refractivity contribution in [3.05, 3.63) is 52.5 Å². The number of pyridine rings is 1. The number of rotatable bonds is 4. The molecule has 0 aliphatic carbocycles. The van der Waals surface area contributed by atoms with E-state index in [0.717, 1.165) is 12.2 Å². The van der Waals surface area contributed by atoms with Crippen LogP contribution in [0.4, 0.5) is 0 Å². The number of carboxylic acids is 1. The summed E-state index contributed by atoms with van der Waals surface area (Å²) in [4.78, 5) is 26.2. The number of hydrogen-bond acceptors (Lipinski definition) is 3. The molecule has 0 saturated carbocycles. The van der Waals surface area contributed by atoms with Gasteiger partial charge in [0.25, 0.3) is 0 Å². The summed E-state index contributed by atoms with van der Waals surface area (Å²) >= 11 is 0. The van der Waals surface area contributed by atoms with Crippen molar-refractivity contribution in [1.29, 1.82) is 0 Å². The van der Waals surface area contributed by atoms with Crippen LogP contribution in [0.2, 0.25) is 0 Å². The fourth-order valence-electron chi connectivity index (χ4n) is 1.74. The maximum absolute atomic E-state index is 11.3. The molecule has 2 rings (SSSR count). The van der Waals surface area contributed by atoms with Crippen LogP contribution in [-0.4, -0.2) is 25.2 Å². The first-order valence-electron chi connectivity index (χ1n) is 5.54. The lowest BCUT2D eigenvalue weighted by Gasteiger charge is -2.08. The van der Waals surface area contributed by atoms with Gasteiger partial charge in [0.15, 0.2) is 5.43 Å². The second-order valence-corrected chi connectivity index (χ2v) is 3.87. The minimum atomic E-state index is -1.21. The van der Waals surface area contributed by atoms with Crippen LogP contribution in [0.5, 0.6) is 0 Å². The second kappa shape index (κ2) is 4.87. The third-order valence-corrected chi connectivity index (χ3v) is 2.69. The van der Waals surface area contributed by atoms with Gasteiger partial charge in [-0.05, 0) is 6.92 Å². The zero-order valence-corrected chi connectivity index (χ0v) is 9.91. The van der Waals surface area contributed by atoms with Crippen molar-refractivity contribution < 1.29 is 9.90 Å². The first-order chi connectivity index (χ1) is 8.61. The normalized spacial score (nSPS) is 10.5. The summed E-state index contributed by atoms with van der Waals surface area (Å²) in [6.07, 6.45) is 6.36. The number of imidazole rings is 1. The van der Waals surface area contributed by atoms with Gasteiger partial charge in [-0.1, -0.05) is 0 Å². The fourth-order valence-corrected chi connectivity index (χ4v) is 1.74. The molecular formula is C12H13N3O3. The summed E-state index contributed by atoms with van der Waals surface area (Å²) in [5.74, 6) is -1.21. The van der Waals surface area contributed by atoms with Gasteiger partial charge in [0.2, 0.25) is 0 Å². The number of hydrogen-bond donors (Lipinski definition) is 1. The Balaban J connectivity index is 2.33. The standard InChI is InChI=1S/C12H13N3O3/c1-2-15-8-13-5-9(15)6-14-4-3-11(16)10(7-14)12(17)18/h3-5,7-8H,2,6H2,1H3,(H,17,18). The van der Waals surface area contributed by atoms with E-state index in [2.05, 4.69) is 4.98 Å². The molecule has 2 aromatic heterocycles. The highest BCUT2D eigenvalue weighted by Gasteiger charge is 2.09. The molecule has 0 saturated heterocycles. The Morgan fingerprint density at radius 1 is 1.50 bits per heavy atom. The minimum absolute atomic E-state index is 0.222. The van der Waals surface area contributed by atoms with E-state index in [0.29, 0.717) is 6.54 Å². The van der Waals surface area contributed by atoms with Gasteiger partial charge < -0.3 is 14.2 Å². The highest BCUT2D eigenvalue weighted by Crippen LogP contribution is 2.03. The molecule has 18 heavy (non-hydrogen) atoms. The Bertz CT molecular complexity index is 627. The van der Waals surface area contributed by atoms with E-state index < -0.39 is 11.4 Å². The average Bonchev–Trinajstić information content (AvgIpc) is 2.78. The Morgan fingerprint density at radius 2 is 2.28 bits per heavy atom. The molecule has 0 aliphatic heterocycles.